The lowest BCUT2D eigenvalue weighted by atomic mass is 10.2. The van der Waals surface area contributed by atoms with Gasteiger partial charge in [0.05, 0.1) is 17.1 Å². The van der Waals surface area contributed by atoms with E-state index in [0.717, 1.165) is 11.1 Å². The highest BCUT2D eigenvalue weighted by Crippen LogP contribution is 2.19. The first kappa shape index (κ1) is 18.9. The van der Waals surface area contributed by atoms with Gasteiger partial charge in [0.1, 0.15) is 18.2 Å². The second-order valence-corrected chi connectivity index (χ2v) is 6.90. The van der Waals surface area contributed by atoms with Crippen LogP contribution >= 0.6 is 11.6 Å². The van der Waals surface area contributed by atoms with Gasteiger partial charge in [-0.1, -0.05) is 54.1 Å². The Morgan fingerprint density at radius 3 is 2.72 bits per heavy atom. The summed E-state index contributed by atoms with van der Waals surface area (Å²) >= 11 is 6.17. The Morgan fingerprint density at radius 2 is 1.86 bits per heavy atom. The van der Waals surface area contributed by atoms with Gasteiger partial charge in [0.15, 0.2) is 0 Å². The third-order valence-electron chi connectivity index (χ3n) is 4.45. The fourth-order valence-corrected chi connectivity index (χ4v) is 3.15. The van der Waals surface area contributed by atoms with Gasteiger partial charge in [0.2, 0.25) is 0 Å². The molecular weight excluding hydrogens is 386 g/mol. The van der Waals surface area contributed by atoms with Crippen LogP contribution < -0.4 is 10.3 Å². The van der Waals surface area contributed by atoms with Crippen LogP contribution in [0.15, 0.2) is 82.7 Å². The van der Waals surface area contributed by atoms with Crippen molar-refractivity contribution in [2.75, 3.05) is 0 Å². The highest BCUT2D eigenvalue weighted by atomic mass is 35.5. The van der Waals surface area contributed by atoms with Crippen molar-refractivity contribution >= 4 is 28.7 Å². The van der Waals surface area contributed by atoms with Crippen molar-refractivity contribution in [3.05, 3.63) is 105 Å². The normalized spacial score (nSPS) is 11.2. The standard InChI is InChI=1S/C23H18ClN3O2/c1-16-26-22-12-5-3-10-20(22)23(28)27(16)25-14-17-7-6-9-19(13-17)29-15-18-8-2-4-11-21(18)24/h2-14H,15H2,1H3/b25-14-. The predicted octanol–water partition coefficient (Wildman–Crippen LogP) is 4.82. The van der Waals surface area contributed by atoms with Crippen molar-refractivity contribution in [1.82, 2.24) is 9.66 Å². The molecule has 0 aliphatic heterocycles. The molecule has 0 amide bonds. The second-order valence-electron chi connectivity index (χ2n) is 6.49. The third-order valence-corrected chi connectivity index (χ3v) is 4.82. The van der Waals surface area contributed by atoms with E-state index >= 15 is 0 Å². The van der Waals surface area contributed by atoms with Crippen LogP contribution in [0.2, 0.25) is 5.02 Å². The second kappa shape index (κ2) is 8.29. The summed E-state index contributed by atoms with van der Waals surface area (Å²) < 4.78 is 7.15. The molecule has 0 radical (unpaired) electrons. The number of halogens is 1. The van der Waals surface area contributed by atoms with Crippen LogP contribution in [-0.2, 0) is 6.61 Å². The first-order valence-electron chi connectivity index (χ1n) is 9.11. The van der Waals surface area contributed by atoms with Crippen molar-refractivity contribution in [3.8, 4) is 5.75 Å². The van der Waals surface area contributed by atoms with Gasteiger partial charge in [0, 0.05) is 10.6 Å². The van der Waals surface area contributed by atoms with Gasteiger partial charge in [-0.15, -0.1) is 0 Å². The van der Waals surface area contributed by atoms with Gasteiger partial charge < -0.3 is 4.74 Å². The van der Waals surface area contributed by atoms with Crippen LogP contribution in [0.4, 0.5) is 0 Å². The summed E-state index contributed by atoms with van der Waals surface area (Å²) in [6.45, 7) is 2.13. The number of benzene rings is 3. The van der Waals surface area contributed by atoms with Crippen LogP contribution in [0.3, 0.4) is 0 Å². The summed E-state index contributed by atoms with van der Waals surface area (Å²) in [5.74, 6) is 1.21. The van der Waals surface area contributed by atoms with Gasteiger partial charge in [-0.3, -0.25) is 4.79 Å². The molecule has 4 rings (SSSR count). The van der Waals surface area contributed by atoms with E-state index in [4.69, 9.17) is 16.3 Å². The summed E-state index contributed by atoms with van der Waals surface area (Å²) in [4.78, 5) is 17.2. The maximum absolute atomic E-state index is 12.7. The minimum absolute atomic E-state index is 0.199. The average molecular weight is 404 g/mol. The van der Waals surface area contributed by atoms with Crippen LogP contribution in [0.1, 0.15) is 17.0 Å². The minimum atomic E-state index is -0.199. The Labute approximate surface area is 172 Å². The number of para-hydroxylation sites is 1. The molecule has 0 aliphatic rings. The smallest absolute Gasteiger partial charge is 0.282 e. The number of hydrogen-bond acceptors (Lipinski definition) is 4. The van der Waals surface area contributed by atoms with Crippen molar-refractivity contribution in [2.24, 2.45) is 5.10 Å². The first-order valence-corrected chi connectivity index (χ1v) is 9.48. The van der Waals surface area contributed by atoms with Crippen molar-refractivity contribution in [3.63, 3.8) is 0 Å². The number of ether oxygens (including phenoxy) is 1. The van der Waals surface area contributed by atoms with Gasteiger partial charge in [-0.05, 0) is 42.8 Å². The monoisotopic (exact) mass is 403 g/mol. The van der Waals surface area contributed by atoms with Gasteiger partial charge in [0.25, 0.3) is 5.56 Å². The Hall–Kier alpha value is -3.44. The molecule has 0 unspecified atom stereocenters. The van der Waals surface area contributed by atoms with Crippen molar-refractivity contribution < 1.29 is 4.74 Å². The number of rotatable bonds is 5. The predicted molar refractivity (Wildman–Crippen MR) is 116 cm³/mol. The Morgan fingerprint density at radius 1 is 1.07 bits per heavy atom. The molecule has 0 saturated carbocycles. The molecular formula is C23H18ClN3O2. The molecule has 0 saturated heterocycles. The van der Waals surface area contributed by atoms with Gasteiger partial charge >= 0.3 is 0 Å². The summed E-state index contributed by atoms with van der Waals surface area (Å²) in [7, 11) is 0. The van der Waals surface area contributed by atoms with E-state index in [1.165, 1.54) is 4.68 Å². The molecule has 0 spiro atoms. The topological polar surface area (TPSA) is 56.5 Å². The molecule has 4 aromatic rings. The molecule has 29 heavy (non-hydrogen) atoms. The highest BCUT2D eigenvalue weighted by Gasteiger charge is 2.06. The Balaban J connectivity index is 1.57. The lowest BCUT2D eigenvalue weighted by molar-refractivity contribution is 0.306. The molecule has 5 nitrogen and oxygen atoms in total. The Bertz CT molecular complexity index is 1260. The summed E-state index contributed by atoms with van der Waals surface area (Å²) in [5.41, 5.74) is 2.19. The van der Waals surface area contributed by atoms with Crippen molar-refractivity contribution in [1.29, 1.82) is 0 Å². The molecule has 0 N–H and O–H groups in total. The third kappa shape index (κ3) is 4.20. The van der Waals surface area contributed by atoms with Crippen LogP contribution in [0.5, 0.6) is 5.75 Å². The largest absolute Gasteiger partial charge is 0.489 e. The molecule has 0 bridgehead atoms. The molecule has 1 heterocycles. The van der Waals surface area contributed by atoms with E-state index in [0.29, 0.717) is 34.1 Å². The van der Waals surface area contributed by atoms with Gasteiger partial charge in [-0.25, -0.2) is 4.98 Å². The van der Waals surface area contributed by atoms with E-state index in [-0.39, 0.29) is 5.56 Å². The fourth-order valence-electron chi connectivity index (χ4n) is 2.96. The fraction of sp³-hybridized carbons (Fsp3) is 0.0870. The van der Waals surface area contributed by atoms with Crippen LogP contribution in [0, 0.1) is 6.92 Å². The first-order chi connectivity index (χ1) is 14.1. The van der Waals surface area contributed by atoms with E-state index in [1.54, 1.807) is 19.2 Å². The zero-order valence-corrected chi connectivity index (χ0v) is 16.5. The quantitative estimate of drug-likeness (QED) is 0.449. The van der Waals surface area contributed by atoms with Gasteiger partial charge in [-0.2, -0.15) is 9.78 Å². The highest BCUT2D eigenvalue weighted by molar-refractivity contribution is 6.31. The van der Waals surface area contributed by atoms with Crippen molar-refractivity contribution in [2.45, 2.75) is 13.5 Å². The average Bonchev–Trinajstić information content (AvgIpc) is 2.73. The number of fused-ring (bicyclic) bond motifs is 1. The van der Waals surface area contributed by atoms with E-state index in [9.17, 15) is 4.79 Å². The van der Waals surface area contributed by atoms with E-state index in [2.05, 4.69) is 10.1 Å². The molecule has 0 atom stereocenters. The molecule has 6 heteroatoms. The molecule has 0 fully saturated rings. The van der Waals surface area contributed by atoms with E-state index in [1.807, 2.05) is 66.7 Å². The lowest BCUT2D eigenvalue weighted by Gasteiger charge is -2.08. The molecule has 0 aliphatic carbocycles. The van der Waals surface area contributed by atoms with E-state index < -0.39 is 0 Å². The molecule has 144 valence electrons. The maximum atomic E-state index is 12.7. The summed E-state index contributed by atoms with van der Waals surface area (Å²) in [5, 5.41) is 5.54. The van der Waals surface area contributed by atoms with Crippen LogP contribution in [-0.4, -0.2) is 15.9 Å². The number of aryl methyl sites for hydroxylation is 1. The molecule has 3 aromatic carbocycles. The summed E-state index contributed by atoms with van der Waals surface area (Å²) in [6, 6.07) is 22.3. The lowest BCUT2D eigenvalue weighted by Crippen LogP contribution is -2.20. The maximum Gasteiger partial charge on any atom is 0.282 e. The Kier molecular flexibility index (Phi) is 5.40. The number of hydrogen-bond donors (Lipinski definition) is 0. The minimum Gasteiger partial charge on any atom is -0.489 e. The zero-order valence-electron chi connectivity index (χ0n) is 15.7. The number of nitrogens with zero attached hydrogens (tertiary/aromatic N) is 3. The molecule has 1 aromatic heterocycles. The number of aromatic nitrogens is 2. The van der Waals surface area contributed by atoms with Crippen LogP contribution in [0.25, 0.3) is 10.9 Å². The summed E-state index contributed by atoms with van der Waals surface area (Å²) in [6.07, 6.45) is 1.62. The zero-order chi connectivity index (χ0) is 20.2. The SMILES string of the molecule is Cc1nc2ccccc2c(=O)n1/N=C\c1cccc(OCc2ccccc2Cl)c1.